The number of aromatic hydroxyl groups is 1. The molecule has 0 saturated heterocycles. The maximum atomic E-state index is 9.40. The number of hydrogen-bond acceptors (Lipinski definition) is 7. The van der Waals surface area contributed by atoms with Gasteiger partial charge in [0.15, 0.2) is 0 Å². The van der Waals surface area contributed by atoms with Crippen molar-refractivity contribution in [2.24, 2.45) is 0 Å². The number of rotatable bonds is 3. The monoisotopic (exact) mass is 350 g/mol. The molecule has 2 heterocycles. The minimum Gasteiger partial charge on any atom is -0.508 e. The molecule has 0 fully saturated rings. The third-order valence-corrected chi connectivity index (χ3v) is 4.88. The van der Waals surface area contributed by atoms with E-state index in [1.807, 2.05) is 31.2 Å². The molecular formula is C18H14N4O2S. The summed E-state index contributed by atoms with van der Waals surface area (Å²) in [6.07, 6.45) is 0. The van der Waals surface area contributed by atoms with Gasteiger partial charge < -0.3 is 15.4 Å². The third kappa shape index (κ3) is 2.85. The number of hydrogen-bond donors (Lipinski definition) is 2. The van der Waals surface area contributed by atoms with Crippen LogP contribution >= 0.6 is 11.3 Å². The summed E-state index contributed by atoms with van der Waals surface area (Å²) in [6.45, 7) is 2.00. The highest BCUT2D eigenvalue weighted by Gasteiger charge is 2.19. The summed E-state index contributed by atoms with van der Waals surface area (Å²) in [5, 5.41) is 14.2. The molecule has 7 heteroatoms. The molecule has 4 rings (SSSR count). The third-order valence-electron chi connectivity index (χ3n) is 3.77. The van der Waals surface area contributed by atoms with Gasteiger partial charge in [0.1, 0.15) is 21.5 Å². The van der Waals surface area contributed by atoms with Crippen LogP contribution < -0.4 is 5.73 Å². The largest absolute Gasteiger partial charge is 0.508 e. The van der Waals surface area contributed by atoms with Gasteiger partial charge in [0.2, 0.25) is 5.82 Å². The molecule has 0 aliphatic carbocycles. The predicted octanol–water partition coefficient (Wildman–Crippen LogP) is 4.12. The molecular weight excluding hydrogens is 336 g/mol. The standard InChI is InChI=1S/C18H14N4O2S/c1-10-4-2-3-5-13(10)16-21-17(24-22-16)14-15(19)20-18(25-14)11-6-8-12(23)9-7-11/h2-9,23H,19H2,1H3. The highest BCUT2D eigenvalue weighted by molar-refractivity contribution is 7.18. The summed E-state index contributed by atoms with van der Waals surface area (Å²) in [5.41, 5.74) is 8.88. The summed E-state index contributed by atoms with van der Waals surface area (Å²) < 4.78 is 5.40. The Morgan fingerprint density at radius 1 is 1.04 bits per heavy atom. The minimum absolute atomic E-state index is 0.202. The Hall–Kier alpha value is -3.19. The van der Waals surface area contributed by atoms with E-state index in [2.05, 4.69) is 15.1 Å². The minimum atomic E-state index is 0.202. The fourth-order valence-corrected chi connectivity index (χ4v) is 3.37. The first-order chi connectivity index (χ1) is 12.1. The van der Waals surface area contributed by atoms with Gasteiger partial charge in [0.05, 0.1) is 0 Å². The first-order valence-electron chi connectivity index (χ1n) is 7.57. The molecule has 0 aliphatic rings. The number of phenolic OH excluding ortho intramolecular Hbond substituents is 1. The fourth-order valence-electron chi connectivity index (χ4n) is 2.46. The maximum Gasteiger partial charge on any atom is 0.272 e. The van der Waals surface area contributed by atoms with Gasteiger partial charge in [0.25, 0.3) is 5.89 Å². The van der Waals surface area contributed by atoms with E-state index in [1.54, 1.807) is 24.3 Å². The number of anilines is 1. The maximum absolute atomic E-state index is 9.40. The summed E-state index contributed by atoms with van der Waals surface area (Å²) in [6, 6.07) is 14.6. The van der Waals surface area contributed by atoms with Crippen LogP contribution in [0, 0.1) is 6.92 Å². The molecule has 0 atom stereocenters. The lowest BCUT2D eigenvalue weighted by atomic mass is 10.1. The van der Waals surface area contributed by atoms with Crippen LogP contribution in [0.1, 0.15) is 5.56 Å². The van der Waals surface area contributed by atoms with Gasteiger partial charge in [-0.2, -0.15) is 4.98 Å². The molecule has 3 N–H and O–H groups in total. The van der Waals surface area contributed by atoms with Gasteiger partial charge in [-0.25, -0.2) is 4.98 Å². The molecule has 2 aromatic heterocycles. The van der Waals surface area contributed by atoms with Crippen molar-refractivity contribution >= 4 is 17.2 Å². The van der Waals surface area contributed by atoms with E-state index in [4.69, 9.17) is 10.3 Å². The van der Waals surface area contributed by atoms with Gasteiger partial charge in [-0.05, 0) is 36.8 Å². The second-order valence-corrected chi connectivity index (χ2v) is 6.52. The lowest BCUT2D eigenvalue weighted by Gasteiger charge is -1.97. The Morgan fingerprint density at radius 2 is 1.80 bits per heavy atom. The van der Waals surface area contributed by atoms with Gasteiger partial charge >= 0.3 is 0 Å². The summed E-state index contributed by atoms with van der Waals surface area (Å²) >= 11 is 1.37. The molecule has 0 saturated carbocycles. The van der Waals surface area contributed by atoms with E-state index >= 15 is 0 Å². The number of phenols is 1. The highest BCUT2D eigenvalue weighted by Crippen LogP contribution is 2.37. The molecule has 124 valence electrons. The van der Waals surface area contributed by atoms with Crippen molar-refractivity contribution in [3.63, 3.8) is 0 Å². The number of benzene rings is 2. The second-order valence-electron chi connectivity index (χ2n) is 5.52. The smallest absolute Gasteiger partial charge is 0.272 e. The van der Waals surface area contributed by atoms with Crippen LogP contribution in [0.3, 0.4) is 0 Å². The van der Waals surface area contributed by atoms with Gasteiger partial charge in [-0.15, -0.1) is 11.3 Å². The Bertz CT molecular complexity index is 1040. The van der Waals surface area contributed by atoms with Crippen LogP contribution in [0.5, 0.6) is 5.75 Å². The molecule has 0 radical (unpaired) electrons. The molecule has 0 spiro atoms. The normalized spacial score (nSPS) is 10.9. The van der Waals surface area contributed by atoms with Crippen LogP contribution in [0.4, 0.5) is 5.82 Å². The van der Waals surface area contributed by atoms with Crippen molar-refractivity contribution in [2.75, 3.05) is 5.73 Å². The predicted molar refractivity (Wildman–Crippen MR) is 97.1 cm³/mol. The van der Waals surface area contributed by atoms with Crippen molar-refractivity contribution in [1.29, 1.82) is 0 Å². The zero-order valence-electron chi connectivity index (χ0n) is 13.3. The molecule has 0 unspecified atom stereocenters. The number of nitrogens with two attached hydrogens (primary N) is 1. The van der Waals surface area contributed by atoms with Crippen molar-refractivity contribution in [3.8, 4) is 38.5 Å². The number of nitrogens with zero attached hydrogens (tertiary/aromatic N) is 3. The molecule has 0 aliphatic heterocycles. The van der Waals surface area contributed by atoms with E-state index < -0.39 is 0 Å². The quantitative estimate of drug-likeness (QED) is 0.577. The summed E-state index contributed by atoms with van der Waals surface area (Å²) in [7, 11) is 0. The molecule has 25 heavy (non-hydrogen) atoms. The summed E-state index contributed by atoms with van der Waals surface area (Å²) in [5.74, 6) is 1.41. The number of aryl methyl sites for hydroxylation is 1. The molecule has 6 nitrogen and oxygen atoms in total. The molecule has 0 amide bonds. The number of nitrogen functional groups attached to an aromatic ring is 1. The Balaban J connectivity index is 1.72. The zero-order valence-corrected chi connectivity index (χ0v) is 14.1. The lowest BCUT2D eigenvalue weighted by molar-refractivity contribution is 0.433. The van der Waals surface area contributed by atoms with Crippen LogP contribution in [-0.4, -0.2) is 20.2 Å². The van der Waals surface area contributed by atoms with Crippen molar-refractivity contribution in [1.82, 2.24) is 15.1 Å². The van der Waals surface area contributed by atoms with E-state index in [0.717, 1.165) is 21.7 Å². The number of thiazole rings is 1. The molecule has 4 aromatic rings. The summed E-state index contributed by atoms with van der Waals surface area (Å²) in [4.78, 5) is 9.47. The van der Waals surface area contributed by atoms with Crippen LogP contribution in [0.15, 0.2) is 53.1 Å². The lowest BCUT2D eigenvalue weighted by Crippen LogP contribution is -1.88. The van der Waals surface area contributed by atoms with Crippen LogP contribution in [0.2, 0.25) is 0 Å². The topological polar surface area (TPSA) is 98.1 Å². The van der Waals surface area contributed by atoms with Crippen LogP contribution in [-0.2, 0) is 0 Å². The van der Waals surface area contributed by atoms with E-state index in [-0.39, 0.29) is 5.75 Å². The van der Waals surface area contributed by atoms with Crippen LogP contribution in [0.25, 0.3) is 32.7 Å². The first-order valence-corrected chi connectivity index (χ1v) is 8.39. The SMILES string of the molecule is Cc1ccccc1-c1noc(-c2sc(-c3ccc(O)cc3)nc2N)n1. The van der Waals surface area contributed by atoms with Gasteiger partial charge in [0, 0.05) is 11.1 Å². The van der Waals surface area contributed by atoms with Gasteiger partial charge in [-0.1, -0.05) is 29.4 Å². The molecule has 0 bridgehead atoms. The van der Waals surface area contributed by atoms with Crippen molar-refractivity contribution < 1.29 is 9.63 Å². The van der Waals surface area contributed by atoms with Gasteiger partial charge in [-0.3, -0.25) is 0 Å². The Labute approximate surface area is 147 Å². The second kappa shape index (κ2) is 6.03. The fraction of sp³-hybridized carbons (Fsp3) is 0.0556. The van der Waals surface area contributed by atoms with E-state index in [9.17, 15) is 5.11 Å². The highest BCUT2D eigenvalue weighted by atomic mass is 32.1. The Morgan fingerprint density at radius 3 is 2.56 bits per heavy atom. The van der Waals surface area contributed by atoms with Crippen molar-refractivity contribution in [3.05, 3.63) is 54.1 Å². The zero-order chi connectivity index (χ0) is 17.4. The first kappa shape index (κ1) is 15.3. The van der Waals surface area contributed by atoms with E-state index in [1.165, 1.54) is 11.3 Å². The average Bonchev–Trinajstić information content (AvgIpc) is 3.23. The van der Waals surface area contributed by atoms with Crippen molar-refractivity contribution in [2.45, 2.75) is 6.92 Å². The number of aromatic nitrogens is 3. The Kier molecular flexibility index (Phi) is 3.70. The van der Waals surface area contributed by atoms with E-state index in [0.29, 0.717) is 22.4 Å². The average molecular weight is 350 g/mol. The molecule has 2 aromatic carbocycles.